The standard InChI is InChI=1S/C18H22F3N7O4/c1-17(8-29)9-32-16(30)28(17)12-6-11(24-15(25-12)27-2-4-31-5-3-27)10-7-23-14(22)26-13(10)18(19,20)21/h6-7,16,29-30H,2-5,8-9H2,1H3,(H2,22,23,26). The Morgan fingerprint density at radius 2 is 1.97 bits per heavy atom. The summed E-state index contributed by atoms with van der Waals surface area (Å²) in [4.78, 5) is 18.9. The van der Waals surface area contributed by atoms with Gasteiger partial charge in [-0.15, -0.1) is 0 Å². The smallest absolute Gasteiger partial charge is 0.394 e. The summed E-state index contributed by atoms with van der Waals surface area (Å²) in [6.07, 6.45) is -5.33. The number of morpholine rings is 1. The first kappa shape index (κ1) is 22.4. The van der Waals surface area contributed by atoms with E-state index in [9.17, 15) is 23.4 Å². The molecule has 2 saturated heterocycles. The summed E-state index contributed by atoms with van der Waals surface area (Å²) in [6.45, 7) is 2.85. The third-order valence-corrected chi connectivity index (χ3v) is 5.28. The minimum absolute atomic E-state index is 0.0182. The van der Waals surface area contributed by atoms with Gasteiger partial charge in [0.1, 0.15) is 5.82 Å². The van der Waals surface area contributed by atoms with Crippen LogP contribution in [0, 0.1) is 0 Å². The lowest BCUT2D eigenvalue weighted by molar-refractivity contribution is -0.140. The minimum atomic E-state index is -4.81. The van der Waals surface area contributed by atoms with Gasteiger partial charge in [-0.2, -0.15) is 18.2 Å². The third kappa shape index (κ3) is 4.13. The quantitative estimate of drug-likeness (QED) is 0.581. The normalized spacial score (nSPS) is 24.2. The number of alkyl halides is 3. The molecule has 0 radical (unpaired) electrons. The lowest BCUT2D eigenvalue weighted by Gasteiger charge is -2.35. The molecule has 0 saturated carbocycles. The predicted molar refractivity (Wildman–Crippen MR) is 105 cm³/mol. The predicted octanol–water partition coefficient (Wildman–Crippen LogP) is 0.235. The van der Waals surface area contributed by atoms with Crippen LogP contribution in [0.2, 0.25) is 0 Å². The van der Waals surface area contributed by atoms with Gasteiger partial charge in [0, 0.05) is 30.9 Å². The van der Waals surface area contributed by atoms with Crippen LogP contribution in [0.5, 0.6) is 0 Å². The van der Waals surface area contributed by atoms with Crippen LogP contribution in [0.25, 0.3) is 11.3 Å². The lowest BCUT2D eigenvalue weighted by Crippen LogP contribution is -2.50. The molecule has 2 aliphatic heterocycles. The Hall–Kier alpha value is -2.81. The van der Waals surface area contributed by atoms with Crippen molar-refractivity contribution in [3.63, 3.8) is 0 Å². The first-order valence-electron chi connectivity index (χ1n) is 9.74. The number of aliphatic hydroxyl groups is 2. The van der Waals surface area contributed by atoms with Gasteiger partial charge in [-0.25, -0.2) is 15.0 Å². The van der Waals surface area contributed by atoms with Gasteiger partial charge in [0.25, 0.3) is 0 Å². The van der Waals surface area contributed by atoms with Crippen LogP contribution in [-0.2, 0) is 15.7 Å². The number of nitrogens with zero attached hydrogens (tertiary/aromatic N) is 6. The van der Waals surface area contributed by atoms with Crippen molar-refractivity contribution in [3.05, 3.63) is 18.0 Å². The van der Waals surface area contributed by atoms with E-state index in [0.29, 0.717) is 26.3 Å². The van der Waals surface area contributed by atoms with E-state index in [1.807, 2.05) is 0 Å². The van der Waals surface area contributed by atoms with Gasteiger partial charge >= 0.3 is 6.18 Å². The number of nitrogens with two attached hydrogens (primary N) is 1. The highest BCUT2D eigenvalue weighted by molar-refractivity contribution is 5.68. The average molecular weight is 457 g/mol. The van der Waals surface area contributed by atoms with Crippen LogP contribution in [0.4, 0.5) is 30.9 Å². The summed E-state index contributed by atoms with van der Waals surface area (Å²) in [5.74, 6) is -0.326. The fraction of sp³-hybridized carbons (Fsp3) is 0.556. The molecule has 0 bridgehead atoms. The Morgan fingerprint density at radius 1 is 1.25 bits per heavy atom. The SMILES string of the molecule is CC1(CO)COC(O)N1c1cc(-c2cnc(N)nc2C(F)(F)F)nc(N2CCOCC2)n1. The highest BCUT2D eigenvalue weighted by Crippen LogP contribution is 2.38. The number of halogens is 3. The third-order valence-electron chi connectivity index (χ3n) is 5.28. The number of nitrogen functional groups attached to an aromatic ring is 1. The number of aliphatic hydroxyl groups excluding tert-OH is 2. The molecule has 32 heavy (non-hydrogen) atoms. The number of hydrogen-bond acceptors (Lipinski definition) is 11. The van der Waals surface area contributed by atoms with Crippen molar-refractivity contribution in [3.8, 4) is 11.3 Å². The molecule has 2 aliphatic rings. The summed E-state index contributed by atoms with van der Waals surface area (Å²) < 4.78 is 51.7. The molecule has 0 aromatic carbocycles. The van der Waals surface area contributed by atoms with E-state index in [1.54, 1.807) is 11.8 Å². The molecule has 11 nitrogen and oxygen atoms in total. The van der Waals surface area contributed by atoms with Crippen molar-refractivity contribution in [2.75, 3.05) is 55.1 Å². The fourth-order valence-electron chi connectivity index (χ4n) is 3.56. The summed E-state index contributed by atoms with van der Waals surface area (Å²) >= 11 is 0. The highest BCUT2D eigenvalue weighted by Gasteiger charge is 2.45. The van der Waals surface area contributed by atoms with Crippen LogP contribution in [-0.4, -0.2) is 81.6 Å². The second-order valence-electron chi connectivity index (χ2n) is 7.66. The van der Waals surface area contributed by atoms with Gasteiger partial charge in [0.15, 0.2) is 5.69 Å². The van der Waals surface area contributed by atoms with Crippen molar-refractivity contribution in [2.24, 2.45) is 0 Å². The maximum atomic E-state index is 13.7. The maximum absolute atomic E-state index is 13.7. The highest BCUT2D eigenvalue weighted by atomic mass is 19.4. The number of aromatic nitrogens is 4. The van der Waals surface area contributed by atoms with Crippen LogP contribution >= 0.6 is 0 Å². The van der Waals surface area contributed by atoms with E-state index < -0.39 is 41.9 Å². The van der Waals surface area contributed by atoms with E-state index in [2.05, 4.69) is 19.9 Å². The van der Waals surface area contributed by atoms with Gasteiger partial charge in [-0.05, 0) is 6.92 Å². The van der Waals surface area contributed by atoms with Crippen LogP contribution in [0.15, 0.2) is 12.3 Å². The van der Waals surface area contributed by atoms with Crippen LogP contribution in [0.3, 0.4) is 0 Å². The van der Waals surface area contributed by atoms with E-state index in [0.717, 1.165) is 6.20 Å². The summed E-state index contributed by atoms with van der Waals surface area (Å²) in [7, 11) is 0. The van der Waals surface area contributed by atoms with E-state index in [4.69, 9.17) is 15.2 Å². The second kappa shape index (κ2) is 8.27. The molecule has 2 unspecified atom stereocenters. The van der Waals surface area contributed by atoms with Crippen molar-refractivity contribution in [1.29, 1.82) is 0 Å². The largest absolute Gasteiger partial charge is 0.434 e. The van der Waals surface area contributed by atoms with Crippen LogP contribution in [0.1, 0.15) is 12.6 Å². The molecule has 4 rings (SSSR count). The molecule has 0 aliphatic carbocycles. The van der Waals surface area contributed by atoms with E-state index in [-0.39, 0.29) is 24.1 Å². The molecule has 174 valence electrons. The summed E-state index contributed by atoms with van der Waals surface area (Å²) in [5.41, 5.74) is 2.57. The number of rotatable bonds is 4. The zero-order chi connectivity index (χ0) is 23.1. The topological polar surface area (TPSA) is 143 Å². The molecule has 4 heterocycles. The lowest BCUT2D eigenvalue weighted by atomic mass is 10.0. The Labute approximate surface area is 180 Å². The zero-order valence-electron chi connectivity index (χ0n) is 17.1. The number of ether oxygens (including phenoxy) is 2. The average Bonchev–Trinajstić information content (AvgIpc) is 3.08. The van der Waals surface area contributed by atoms with Gasteiger partial charge in [-0.3, -0.25) is 4.90 Å². The molecular formula is C18H22F3N7O4. The molecular weight excluding hydrogens is 435 g/mol. The van der Waals surface area contributed by atoms with Crippen LogP contribution < -0.4 is 15.5 Å². The van der Waals surface area contributed by atoms with Gasteiger partial charge < -0.3 is 30.3 Å². The minimum Gasteiger partial charge on any atom is -0.394 e. The van der Waals surface area contributed by atoms with Gasteiger partial charge in [0.05, 0.1) is 37.7 Å². The summed E-state index contributed by atoms with van der Waals surface area (Å²) in [6, 6.07) is 1.26. The van der Waals surface area contributed by atoms with Crippen molar-refractivity contribution < 1.29 is 32.9 Å². The summed E-state index contributed by atoms with van der Waals surface area (Å²) in [5, 5.41) is 20.2. The maximum Gasteiger partial charge on any atom is 0.434 e. The molecule has 2 fully saturated rings. The Bertz CT molecular complexity index is 990. The number of hydrogen-bond donors (Lipinski definition) is 3. The molecule has 2 atom stereocenters. The molecule has 4 N–H and O–H groups in total. The van der Waals surface area contributed by atoms with Crippen molar-refractivity contribution in [1.82, 2.24) is 19.9 Å². The molecule has 2 aromatic heterocycles. The first-order valence-corrected chi connectivity index (χ1v) is 9.74. The van der Waals surface area contributed by atoms with Gasteiger partial charge in [0.2, 0.25) is 18.3 Å². The Balaban J connectivity index is 1.89. The molecule has 2 aromatic rings. The first-order chi connectivity index (χ1) is 15.1. The Morgan fingerprint density at radius 3 is 2.62 bits per heavy atom. The van der Waals surface area contributed by atoms with Crippen molar-refractivity contribution in [2.45, 2.75) is 25.1 Å². The molecule has 0 amide bonds. The van der Waals surface area contributed by atoms with E-state index in [1.165, 1.54) is 11.0 Å². The fourth-order valence-corrected chi connectivity index (χ4v) is 3.56. The zero-order valence-corrected chi connectivity index (χ0v) is 17.1. The van der Waals surface area contributed by atoms with Crippen molar-refractivity contribution >= 4 is 17.7 Å². The van der Waals surface area contributed by atoms with Gasteiger partial charge in [-0.1, -0.05) is 0 Å². The molecule has 14 heteroatoms. The monoisotopic (exact) mass is 457 g/mol. The molecule has 0 spiro atoms. The van der Waals surface area contributed by atoms with E-state index >= 15 is 0 Å². The number of anilines is 3. The Kier molecular flexibility index (Phi) is 5.79. The second-order valence-corrected chi connectivity index (χ2v) is 7.66.